The van der Waals surface area contributed by atoms with Crippen LogP contribution in [0.4, 0.5) is 0 Å². The molecule has 0 spiro atoms. The molecule has 0 bridgehead atoms. The van der Waals surface area contributed by atoms with Crippen molar-refractivity contribution in [2.24, 2.45) is 23.2 Å². The maximum atomic E-state index is 12.3. The van der Waals surface area contributed by atoms with Crippen LogP contribution in [0.1, 0.15) is 46.5 Å². The number of ketones is 1. The minimum absolute atomic E-state index is 0.0377. The lowest BCUT2D eigenvalue weighted by Gasteiger charge is -2.52. The van der Waals surface area contributed by atoms with Crippen molar-refractivity contribution < 1.29 is 9.90 Å². The second kappa shape index (κ2) is 4.24. The predicted octanol–water partition coefficient (Wildman–Crippen LogP) is 2.95. The standard InChI is InChI=1S/C15H24O2/c1-9(2)11-8-15(4)10(3)6-5-7-12(15)14(17)13(11)16/h10-13,16H,1,5-8H2,2-4H3/t10-,11+,12+,13+,15+/m0/s1. The number of rotatable bonds is 1. The zero-order chi connectivity index (χ0) is 12.8. The van der Waals surface area contributed by atoms with E-state index in [4.69, 9.17) is 0 Å². The topological polar surface area (TPSA) is 37.3 Å². The van der Waals surface area contributed by atoms with Crippen molar-refractivity contribution >= 4 is 5.78 Å². The van der Waals surface area contributed by atoms with E-state index in [1.54, 1.807) is 0 Å². The van der Waals surface area contributed by atoms with Crippen molar-refractivity contribution in [3.05, 3.63) is 12.2 Å². The smallest absolute Gasteiger partial charge is 0.165 e. The number of hydrogen-bond donors (Lipinski definition) is 1. The van der Waals surface area contributed by atoms with Gasteiger partial charge in [0, 0.05) is 11.8 Å². The van der Waals surface area contributed by atoms with Crippen LogP contribution in [-0.4, -0.2) is 17.0 Å². The third-order valence-corrected chi connectivity index (χ3v) is 5.36. The Bertz CT molecular complexity index is 347. The summed E-state index contributed by atoms with van der Waals surface area (Å²) in [7, 11) is 0. The number of hydrogen-bond acceptors (Lipinski definition) is 2. The van der Waals surface area contributed by atoms with E-state index in [-0.39, 0.29) is 23.0 Å². The van der Waals surface area contributed by atoms with Crippen LogP contribution in [0.2, 0.25) is 0 Å². The summed E-state index contributed by atoms with van der Waals surface area (Å²) >= 11 is 0. The summed E-state index contributed by atoms with van der Waals surface area (Å²) < 4.78 is 0. The SMILES string of the molecule is C=C(C)[C@H]1C[C@@]2(C)[C@H](CCC[C@@H]2C)C(=O)[C@@H]1O. The van der Waals surface area contributed by atoms with Crippen molar-refractivity contribution in [3.63, 3.8) is 0 Å². The van der Waals surface area contributed by atoms with E-state index in [1.165, 1.54) is 6.42 Å². The summed E-state index contributed by atoms with van der Waals surface area (Å²) in [5, 5.41) is 10.1. The molecule has 17 heavy (non-hydrogen) atoms. The van der Waals surface area contributed by atoms with Crippen molar-refractivity contribution in [2.75, 3.05) is 0 Å². The second-order valence-corrected chi connectivity index (χ2v) is 6.39. The molecule has 0 aromatic rings. The minimum atomic E-state index is -0.809. The Labute approximate surface area is 104 Å². The van der Waals surface area contributed by atoms with E-state index < -0.39 is 6.10 Å². The third-order valence-electron chi connectivity index (χ3n) is 5.36. The molecule has 96 valence electrons. The van der Waals surface area contributed by atoms with Crippen LogP contribution in [0.3, 0.4) is 0 Å². The lowest BCUT2D eigenvalue weighted by atomic mass is 9.52. The monoisotopic (exact) mass is 236 g/mol. The molecule has 0 unspecified atom stereocenters. The van der Waals surface area contributed by atoms with Gasteiger partial charge in [-0.1, -0.05) is 38.8 Å². The zero-order valence-electron chi connectivity index (χ0n) is 11.2. The molecule has 2 saturated carbocycles. The molecule has 0 aliphatic heterocycles. The summed E-state index contributed by atoms with van der Waals surface area (Å²) in [5.41, 5.74) is 1.02. The van der Waals surface area contributed by atoms with Gasteiger partial charge in [0.1, 0.15) is 6.10 Å². The quantitative estimate of drug-likeness (QED) is 0.711. The minimum Gasteiger partial charge on any atom is -0.385 e. The number of carbonyl (C=O) groups is 1. The highest BCUT2D eigenvalue weighted by Crippen LogP contribution is 2.54. The van der Waals surface area contributed by atoms with Gasteiger partial charge < -0.3 is 5.11 Å². The Kier molecular flexibility index (Phi) is 3.19. The number of aliphatic hydroxyl groups is 1. The van der Waals surface area contributed by atoms with Gasteiger partial charge in [0.15, 0.2) is 5.78 Å². The Balaban J connectivity index is 2.34. The summed E-state index contributed by atoms with van der Waals surface area (Å²) in [5.74, 6) is 0.666. The fraction of sp³-hybridized carbons (Fsp3) is 0.800. The molecule has 2 fully saturated rings. The largest absolute Gasteiger partial charge is 0.385 e. The van der Waals surface area contributed by atoms with Crippen molar-refractivity contribution in [1.29, 1.82) is 0 Å². The number of fused-ring (bicyclic) bond motifs is 1. The predicted molar refractivity (Wildman–Crippen MR) is 68.5 cm³/mol. The van der Waals surface area contributed by atoms with Crippen LogP contribution in [0.25, 0.3) is 0 Å². The van der Waals surface area contributed by atoms with Gasteiger partial charge in [0.05, 0.1) is 0 Å². The van der Waals surface area contributed by atoms with Gasteiger partial charge >= 0.3 is 0 Å². The Morgan fingerprint density at radius 1 is 1.47 bits per heavy atom. The molecule has 2 aliphatic rings. The van der Waals surface area contributed by atoms with Crippen LogP contribution in [-0.2, 0) is 4.79 Å². The van der Waals surface area contributed by atoms with Gasteiger partial charge in [0.2, 0.25) is 0 Å². The molecule has 0 saturated heterocycles. The lowest BCUT2D eigenvalue weighted by molar-refractivity contribution is -0.151. The van der Waals surface area contributed by atoms with E-state index in [1.807, 2.05) is 6.92 Å². The molecule has 0 aromatic carbocycles. The van der Waals surface area contributed by atoms with Crippen molar-refractivity contribution in [2.45, 2.75) is 52.6 Å². The molecule has 1 N–H and O–H groups in total. The van der Waals surface area contributed by atoms with Crippen LogP contribution >= 0.6 is 0 Å². The fourth-order valence-corrected chi connectivity index (χ4v) is 3.88. The molecular weight excluding hydrogens is 212 g/mol. The average molecular weight is 236 g/mol. The highest BCUT2D eigenvalue weighted by molar-refractivity contribution is 5.87. The van der Waals surface area contributed by atoms with Crippen molar-refractivity contribution in [3.8, 4) is 0 Å². The first kappa shape index (κ1) is 12.8. The molecule has 0 amide bonds. The van der Waals surface area contributed by atoms with Gasteiger partial charge in [-0.3, -0.25) is 4.79 Å². The third kappa shape index (κ3) is 1.87. The Morgan fingerprint density at radius 2 is 2.12 bits per heavy atom. The second-order valence-electron chi connectivity index (χ2n) is 6.39. The van der Waals surface area contributed by atoms with Crippen LogP contribution in [0, 0.1) is 23.2 Å². The molecule has 0 heterocycles. The van der Waals surface area contributed by atoms with E-state index in [2.05, 4.69) is 20.4 Å². The molecule has 0 radical (unpaired) electrons. The Hall–Kier alpha value is -0.630. The molecular formula is C15H24O2. The summed E-state index contributed by atoms with van der Waals surface area (Å²) in [4.78, 5) is 12.3. The highest BCUT2D eigenvalue weighted by Gasteiger charge is 2.53. The van der Waals surface area contributed by atoms with Gasteiger partial charge in [-0.15, -0.1) is 0 Å². The fourth-order valence-electron chi connectivity index (χ4n) is 3.88. The van der Waals surface area contributed by atoms with Gasteiger partial charge in [-0.05, 0) is 31.1 Å². The Morgan fingerprint density at radius 3 is 2.71 bits per heavy atom. The van der Waals surface area contributed by atoms with Crippen LogP contribution in [0.15, 0.2) is 12.2 Å². The maximum Gasteiger partial charge on any atom is 0.165 e. The zero-order valence-corrected chi connectivity index (χ0v) is 11.2. The first-order valence-electron chi connectivity index (χ1n) is 6.75. The summed E-state index contributed by atoms with van der Waals surface area (Å²) in [6.07, 6.45) is 3.40. The molecule has 5 atom stereocenters. The van der Waals surface area contributed by atoms with Gasteiger partial charge in [-0.2, -0.15) is 0 Å². The van der Waals surface area contributed by atoms with Crippen molar-refractivity contribution in [1.82, 2.24) is 0 Å². The number of Topliss-reactive ketones (excluding diaryl/α,β-unsaturated/α-hetero) is 1. The van der Waals surface area contributed by atoms with Crippen LogP contribution in [0.5, 0.6) is 0 Å². The molecule has 2 nitrogen and oxygen atoms in total. The van der Waals surface area contributed by atoms with E-state index in [9.17, 15) is 9.90 Å². The van der Waals surface area contributed by atoms with Gasteiger partial charge in [-0.25, -0.2) is 0 Å². The number of aliphatic hydroxyl groups excluding tert-OH is 1. The number of carbonyl (C=O) groups excluding carboxylic acids is 1. The molecule has 2 heteroatoms. The van der Waals surface area contributed by atoms with E-state index in [0.29, 0.717) is 5.92 Å². The summed E-state index contributed by atoms with van der Waals surface area (Å²) in [6, 6.07) is 0. The molecule has 2 aliphatic carbocycles. The van der Waals surface area contributed by atoms with Crippen LogP contribution < -0.4 is 0 Å². The summed E-state index contributed by atoms with van der Waals surface area (Å²) in [6.45, 7) is 10.4. The maximum absolute atomic E-state index is 12.3. The lowest BCUT2D eigenvalue weighted by Crippen LogP contribution is -2.53. The van der Waals surface area contributed by atoms with E-state index >= 15 is 0 Å². The average Bonchev–Trinajstić information content (AvgIpc) is 2.26. The first-order valence-corrected chi connectivity index (χ1v) is 6.75. The molecule has 2 rings (SSSR count). The van der Waals surface area contributed by atoms with Gasteiger partial charge in [0.25, 0.3) is 0 Å². The normalized spacial score (nSPS) is 46.5. The highest BCUT2D eigenvalue weighted by atomic mass is 16.3. The first-order chi connectivity index (χ1) is 7.88. The molecule has 0 aromatic heterocycles. The van der Waals surface area contributed by atoms with E-state index in [0.717, 1.165) is 24.8 Å².